The first-order chi connectivity index (χ1) is 14.5. The predicted octanol–water partition coefficient (Wildman–Crippen LogP) is 2.88. The molecule has 6 nitrogen and oxygen atoms in total. The lowest BCUT2D eigenvalue weighted by molar-refractivity contribution is -0.139. The van der Waals surface area contributed by atoms with E-state index in [1.807, 2.05) is 51.4 Å². The SMILES string of the molecule is CC(NC(=O)C(=O)NCC(c1ccc(N(C)C)cc1)N1CCCC1)c1ccccc1. The summed E-state index contributed by atoms with van der Waals surface area (Å²) in [6.45, 7) is 4.30. The molecule has 1 aliphatic heterocycles. The Morgan fingerprint density at radius 3 is 2.17 bits per heavy atom. The molecule has 30 heavy (non-hydrogen) atoms. The third kappa shape index (κ3) is 5.60. The van der Waals surface area contributed by atoms with Crippen molar-refractivity contribution in [1.82, 2.24) is 15.5 Å². The van der Waals surface area contributed by atoms with E-state index in [4.69, 9.17) is 0 Å². The van der Waals surface area contributed by atoms with E-state index in [2.05, 4.69) is 44.7 Å². The van der Waals surface area contributed by atoms with Crippen LogP contribution in [0.1, 0.15) is 43.0 Å². The molecule has 0 radical (unpaired) electrons. The monoisotopic (exact) mass is 408 g/mol. The number of carbonyl (C=O) groups excluding carboxylic acids is 2. The molecule has 2 amide bonds. The molecule has 2 unspecified atom stereocenters. The summed E-state index contributed by atoms with van der Waals surface area (Å²) in [5.41, 5.74) is 3.26. The van der Waals surface area contributed by atoms with Gasteiger partial charge in [-0.25, -0.2) is 0 Å². The van der Waals surface area contributed by atoms with Crippen LogP contribution in [0.2, 0.25) is 0 Å². The van der Waals surface area contributed by atoms with E-state index < -0.39 is 11.8 Å². The number of nitrogens with one attached hydrogen (secondary N) is 2. The highest BCUT2D eigenvalue weighted by atomic mass is 16.2. The van der Waals surface area contributed by atoms with Gasteiger partial charge in [0.2, 0.25) is 0 Å². The molecule has 160 valence electrons. The lowest BCUT2D eigenvalue weighted by Crippen LogP contribution is -2.44. The summed E-state index contributed by atoms with van der Waals surface area (Å²) in [7, 11) is 4.03. The van der Waals surface area contributed by atoms with Crippen LogP contribution in [0.4, 0.5) is 5.69 Å². The average molecular weight is 409 g/mol. The molecule has 0 saturated carbocycles. The molecular weight excluding hydrogens is 376 g/mol. The molecule has 1 fully saturated rings. The minimum atomic E-state index is -0.602. The molecule has 2 aromatic rings. The Morgan fingerprint density at radius 1 is 0.933 bits per heavy atom. The van der Waals surface area contributed by atoms with E-state index >= 15 is 0 Å². The van der Waals surface area contributed by atoms with Crippen LogP contribution in [-0.4, -0.2) is 50.4 Å². The van der Waals surface area contributed by atoms with Crippen LogP contribution in [0.25, 0.3) is 0 Å². The maximum Gasteiger partial charge on any atom is 0.309 e. The molecule has 1 heterocycles. The van der Waals surface area contributed by atoms with Crippen LogP contribution in [-0.2, 0) is 9.59 Å². The topological polar surface area (TPSA) is 64.7 Å². The number of anilines is 1. The molecule has 2 aromatic carbocycles. The first-order valence-electron chi connectivity index (χ1n) is 10.6. The van der Waals surface area contributed by atoms with Gasteiger partial charge in [-0.15, -0.1) is 0 Å². The summed E-state index contributed by atoms with van der Waals surface area (Å²) in [5, 5.41) is 5.63. The number of hydrogen-bond donors (Lipinski definition) is 2. The van der Waals surface area contributed by atoms with E-state index in [-0.39, 0.29) is 12.1 Å². The van der Waals surface area contributed by atoms with Crippen molar-refractivity contribution in [2.24, 2.45) is 0 Å². The first kappa shape index (κ1) is 21.8. The summed E-state index contributed by atoms with van der Waals surface area (Å²) in [6.07, 6.45) is 2.32. The van der Waals surface area contributed by atoms with E-state index in [0.717, 1.165) is 42.7 Å². The zero-order chi connectivity index (χ0) is 21.5. The lowest BCUT2D eigenvalue weighted by atomic mass is 10.0. The van der Waals surface area contributed by atoms with Gasteiger partial charge >= 0.3 is 11.8 Å². The zero-order valence-corrected chi connectivity index (χ0v) is 18.1. The van der Waals surface area contributed by atoms with Crippen molar-refractivity contribution < 1.29 is 9.59 Å². The van der Waals surface area contributed by atoms with Gasteiger partial charge in [-0.05, 0) is 56.1 Å². The van der Waals surface area contributed by atoms with Crippen LogP contribution in [0, 0.1) is 0 Å². The fraction of sp³-hybridized carbons (Fsp3) is 0.417. The van der Waals surface area contributed by atoms with Gasteiger partial charge in [0, 0.05) is 26.3 Å². The number of nitrogens with zero attached hydrogens (tertiary/aromatic N) is 2. The second kappa shape index (κ2) is 10.3. The van der Waals surface area contributed by atoms with Gasteiger partial charge in [-0.1, -0.05) is 42.5 Å². The Hall–Kier alpha value is -2.86. The standard InChI is InChI=1S/C24H32N4O2/c1-18(19-9-5-4-6-10-19)26-24(30)23(29)25-17-22(28-15-7-8-16-28)20-11-13-21(14-12-20)27(2)3/h4-6,9-14,18,22H,7-8,15-17H2,1-3H3,(H,25,29)(H,26,30). The Labute approximate surface area is 179 Å². The van der Waals surface area contributed by atoms with E-state index in [1.54, 1.807) is 0 Å². The smallest absolute Gasteiger partial charge is 0.309 e. The molecule has 0 spiro atoms. The van der Waals surface area contributed by atoms with Crippen LogP contribution in [0.3, 0.4) is 0 Å². The Morgan fingerprint density at radius 2 is 1.57 bits per heavy atom. The van der Waals surface area contributed by atoms with Gasteiger partial charge in [-0.3, -0.25) is 14.5 Å². The van der Waals surface area contributed by atoms with Crippen LogP contribution in [0.15, 0.2) is 54.6 Å². The number of rotatable bonds is 7. The Bertz CT molecular complexity index is 830. The fourth-order valence-corrected chi connectivity index (χ4v) is 3.86. The van der Waals surface area contributed by atoms with Crippen molar-refractivity contribution in [3.05, 3.63) is 65.7 Å². The normalized spacial score (nSPS) is 16.0. The molecule has 1 aliphatic rings. The van der Waals surface area contributed by atoms with Crippen molar-refractivity contribution in [1.29, 1.82) is 0 Å². The van der Waals surface area contributed by atoms with Crippen molar-refractivity contribution in [3.8, 4) is 0 Å². The minimum absolute atomic E-state index is 0.0620. The number of carbonyl (C=O) groups is 2. The number of benzene rings is 2. The molecule has 0 bridgehead atoms. The summed E-state index contributed by atoms with van der Waals surface area (Å²) in [5.74, 6) is -1.19. The quantitative estimate of drug-likeness (QED) is 0.692. The van der Waals surface area contributed by atoms with Gasteiger partial charge in [0.05, 0.1) is 12.1 Å². The maximum atomic E-state index is 12.5. The van der Waals surface area contributed by atoms with Crippen LogP contribution in [0.5, 0.6) is 0 Å². The van der Waals surface area contributed by atoms with Gasteiger partial charge in [0.25, 0.3) is 0 Å². The van der Waals surface area contributed by atoms with E-state index in [1.165, 1.54) is 0 Å². The molecule has 2 N–H and O–H groups in total. The highest BCUT2D eigenvalue weighted by Gasteiger charge is 2.25. The maximum absolute atomic E-state index is 12.5. The van der Waals surface area contributed by atoms with Gasteiger partial charge in [0.1, 0.15) is 0 Å². The second-order valence-corrected chi connectivity index (χ2v) is 8.06. The summed E-state index contributed by atoms with van der Waals surface area (Å²) < 4.78 is 0. The van der Waals surface area contributed by atoms with Gasteiger partial charge in [-0.2, -0.15) is 0 Å². The summed E-state index contributed by atoms with van der Waals surface area (Å²) >= 11 is 0. The molecular formula is C24H32N4O2. The molecule has 3 rings (SSSR count). The van der Waals surface area contributed by atoms with Crippen molar-refractivity contribution in [3.63, 3.8) is 0 Å². The summed E-state index contributed by atoms with van der Waals surface area (Å²) in [6, 6.07) is 17.9. The minimum Gasteiger partial charge on any atom is -0.378 e. The number of amides is 2. The lowest BCUT2D eigenvalue weighted by Gasteiger charge is -2.28. The van der Waals surface area contributed by atoms with Crippen molar-refractivity contribution in [2.75, 3.05) is 38.6 Å². The van der Waals surface area contributed by atoms with Crippen LogP contribution >= 0.6 is 0 Å². The molecule has 0 aromatic heterocycles. The molecule has 2 atom stereocenters. The largest absolute Gasteiger partial charge is 0.378 e. The molecule has 1 saturated heterocycles. The van der Waals surface area contributed by atoms with Crippen molar-refractivity contribution >= 4 is 17.5 Å². The highest BCUT2D eigenvalue weighted by molar-refractivity contribution is 6.35. The first-order valence-corrected chi connectivity index (χ1v) is 10.6. The van der Waals surface area contributed by atoms with Gasteiger partial charge in [0.15, 0.2) is 0 Å². The van der Waals surface area contributed by atoms with E-state index in [0.29, 0.717) is 6.54 Å². The average Bonchev–Trinajstić information content (AvgIpc) is 3.29. The fourth-order valence-electron chi connectivity index (χ4n) is 3.86. The second-order valence-electron chi connectivity index (χ2n) is 8.06. The van der Waals surface area contributed by atoms with Crippen LogP contribution < -0.4 is 15.5 Å². The molecule has 0 aliphatic carbocycles. The number of hydrogen-bond acceptors (Lipinski definition) is 4. The highest BCUT2D eigenvalue weighted by Crippen LogP contribution is 2.26. The third-order valence-electron chi connectivity index (χ3n) is 5.69. The zero-order valence-electron chi connectivity index (χ0n) is 18.1. The summed E-state index contributed by atoms with van der Waals surface area (Å²) in [4.78, 5) is 29.3. The number of likely N-dealkylation sites (tertiary alicyclic amines) is 1. The molecule has 6 heteroatoms. The van der Waals surface area contributed by atoms with E-state index in [9.17, 15) is 9.59 Å². The van der Waals surface area contributed by atoms with Crippen molar-refractivity contribution in [2.45, 2.75) is 31.8 Å². The van der Waals surface area contributed by atoms with Gasteiger partial charge < -0.3 is 15.5 Å². The third-order valence-corrected chi connectivity index (χ3v) is 5.69. The Balaban J connectivity index is 1.61. The predicted molar refractivity (Wildman–Crippen MR) is 120 cm³/mol. The Kier molecular flexibility index (Phi) is 7.46.